The zero-order valence-electron chi connectivity index (χ0n) is 17.7. The molecule has 0 saturated heterocycles. The Kier molecular flexibility index (Phi) is 6.55. The lowest BCUT2D eigenvalue weighted by Crippen LogP contribution is -2.16. The number of pyridine rings is 1. The predicted octanol–water partition coefficient (Wildman–Crippen LogP) is 6.24. The van der Waals surface area contributed by atoms with Crippen molar-refractivity contribution in [3.63, 3.8) is 0 Å². The average Bonchev–Trinajstić information content (AvgIpc) is 3.18. The standard InChI is InChI=1S/C25H20F3N3OS/c1-17-4-2-3-5-20(17)12-22(33)14-29-13-18-6-11-24-30-23(16-31(24)15-18)19-7-9-21(10-8-19)32-25(26,27)28/h2-11,13,15-16H,12,14H2,1H3. The Balaban J connectivity index is 1.42. The fourth-order valence-electron chi connectivity index (χ4n) is 3.38. The summed E-state index contributed by atoms with van der Waals surface area (Å²) in [6.45, 7) is 2.53. The van der Waals surface area contributed by atoms with Gasteiger partial charge in [0.2, 0.25) is 0 Å². The van der Waals surface area contributed by atoms with E-state index in [0.717, 1.165) is 16.8 Å². The normalized spacial score (nSPS) is 11.9. The lowest BCUT2D eigenvalue weighted by Gasteiger charge is -2.08. The maximum absolute atomic E-state index is 12.3. The van der Waals surface area contributed by atoms with Crippen molar-refractivity contribution in [3.05, 3.63) is 89.7 Å². The van der Waals surface area contributed by atoms with Gasteiger partial charge in [-0.05, 0) is 54.4 Å². The zero-order valence-corrected chi connectivity index (χ0v) is 18.5. The summed E-state index contributed by atoms with van der Waals surface area (Å²) in [5.41, 5.74) is 5.36. The Morgan fingerprint density at radius 2 is 1.82 bits per heavy atom. The first-order valence-corrected chi connectivity index (χ1v) is 10.6. The second-order valence-electron chi connectivity index (χ2n) is 7.54. The van der Waals surface area contributed by atoms with Gasteiger partial charge in [0, 0.05) is 41.0 Å². The van der Waals surface area contributed by atoms with E-state index >= 15 is 0 Å². The van der Waals surface area contributed by atoms with Crippen LogP contribution in [-0.4, -0.2) is 33.4 Å². The molecule has 0 saturated carbocycles. The minimum absolute atomic E-state index is 0.270. The quantitative estimate of drug-likeness (QED) is 0.239. The van der Waals surface area contributed by atoms with Gasteiger partial charge in [-0.25, -0.2) is 4.98 Å². The number of hydrogen-bond acceptors (Lipinski definition) is 4. The van der Waals surface area contributed by atoms with Crippen LogP contribution in [0.5, 0.6) is 5.75 Å². The molecule has 2 aromatic heterocycles. The minimum Gasteiger partial charge on any atom is -0.406 e. The molecule has 4 rings (SSSR count). The molecule has 33 heavy (non-hydrogen) atoms. The van der Waals surface area contributed by atoms with Crippen LogP contribution in [0.1, 0.15) is 16.7 Å². The highest BCUT2D eigenvalue weighted by Crippen LogP contribution is 2.26. The van der Waals surface area contributed by atoms with Crippen LogP contribution >= 0.6 is 12.2 Å². The molecule has 0 amide bonds. The highest BCUT2D eigenvalue weighted by molar-refractivity contribution is 7.80. The molecule has 0 aliphatic heterocycles. The lowest BCUT2D eigenvalue weighted by molar-refractivity contribution is -0.274. The molecule has 8 heteroatoms. The first-order chi connectivity index (χ1) is 15.8. The first-order valence-electron chi connectivity index (χ1n) is 10.2. The monoisotopic (exact) mass is 467 g/mol. The Morgan fingerprint density at radius 1 is 1.06 bits per heavy atom. The molecule has 2 heterocycles. The van der Waals surface area contributed by atoms with Gasteiger partial charge in [-0.3, -0.25) is 4.99 Å². The van der Waals surface area contributed by atoms with Crippen LogP contribution in [0.15, 0.2) is 78.0 Å². The van der Waals surface area contributed by atoms with E-state index in [1.54, 1.807) is 18.3 Å². The third-order valence-corrected chi connectivity index (χ3v) is 5.29. The molecule has 0 N–H and O–H groups in total. The number of imidazole rings is 1. The first kappa shape index (κ1) is 22.7. The summed E-state index contributed by atoms with van der Waals surface area (Å²) in [6, 6.07) is 17.5. The number of alkyl halides is 3. The second-order valence-corrected chi connectivity index (χ2v) is 8.12. The third kappa shape index (κ3) is 6.04. The fourth-order valence-corrected chi connectivity index (χ4v) is 3.61. The van der Waals surface area contributed by atoms with E-state index in [-0.39, 0.29) is 5.75 Å². The van der Waals surface area contributed by atoms with E-state index in [1.807, 2.05) is 41.1 Å². The van der Waals surface area contributed by atoms with Crippen LogP contribution in [0.3, 0.4) is 0 Å². The van der Waals surface area contributed by atoms with Crippen molar-refractivity contribution in [1.82, 2.24) is 9.38 Å². The number of thiocarbonyl (C=S) groups is 1. The third-order valence-electron chi connectivity index (χ3n) is 5.01. The summed E-state index contributed by atoms with van der Waals surface area (Å²) in [5, 5.41) is 0. The molecule has 0 bridgehead atoms. The number of aliphatic imine (C=N–C) groups is 1. The highest BCUT2D eigenvalue weighted by atomic mass is 32.1. The van der Waals surface area contributed by atoms with Gasteiger partial charge in [0.25, 0.3) is 0 Å². The summed E-state index contributed by atoms with van der Waals surface area (Å²) in [4.78, 5) is 9.86. The molecule has 0 fully saturated rings. The van der Waals surface area contributed by atoms with E-state index in [1.165, 1.54) is 23.3 Å². The Hall–Kier alpha value is -3.52. The fraction of sp³-hybridized carbons (Fsp3) is 0.160. The number of hydrogen-bond donors (Lipinski definition) is 0. The highest BCUT2D eigenvalue weighted by Gasteiger charge is 2.31. The number of halogens is 3. The summed E-state index contributed by atoms with van der Waals surface area (Å²) >= 11 is 5.48. The van der Waals surface area contributed by atoms with Crippen LogP contribution in [0.4, 0.5) is 13.2 Å². The number of aryl methyl sites for hydroxylation is 1. The summed E-state index contributed by atoms with van der Waals surface area (Å²) in [5.74, 6) is -0.270. The number of ether oxygens (including phenoxy) is 1. The van der Waals surface area contributed by atoms with Crippen LogP contribution < -0.4 is 4.74 Å². The minimum atomic E-state index is -4.72. The molecular formula is C25H20F3N3OS. The zero-order chi connectivity index (χ0) is 23.4. The SMILES string of the molecule is Cc1ccccc1CC(=S)CN=Cc1ccc2nc(-c3ccc(OC(F)(F)F)cc3)cn2c1. The predicted molar refractivity (Wildman–Crippen MR) is 127 cm³/mol. The van der Waals surface area contributed by atoms with Crippen LogP contribution in [-0.2, 0) is 6.42 Å². The molecule has 4 aromatic rings. The van der Waals surface area contributed by atoms with Crippen molar-refractivity contribution in [3.8, 4) is 17.0 Å². The van der Waals surface area contributed by atoms with Crippen molar-refractivity contribution in [2.75, 3.05) is 6.54 Å². The number of benzene rings is 2. The molecule has 0 atom stereocenters. The summed E-state index contributed by atoms with van der Waals surface area (Å²) < 4.78 is 42.8. The molecule has 4 nitrogen and oxygen atoms in total. The van der Waals surface area contributed by atoms with E-state index < -0.39 is 6.36 Å². The molecule has 0 radical (unpaired) electrons. The lowest BCUT2D eigenvalue weighted by atomic mass is 10.0. The number of aromatic nitrogens is 2. The Labute approximate surface area is 194 Å². The van der Waals surface area contributed by atoms with Gasteiger partial charge in [-0.15, -0.1) is 13.2 Å². The van der Waals surface area contributed by atoms with E-state index in [2.05, 4.69) is 33.8 Å². The van der Waals surface area contributed by atoms with Gasteiger partial charge in [0.1, 0.15) is 11.4 Å². The van der Waals surface area contributed by atoms with Crippen molar-refractivity contribution in [2.45, 2.75) is 19.7 Å². The molecule has 0 aliphatic carbocycles. The van der Waals surface area contributed by atoms with Crippen molar-refractivity contribution >= 4 is 28.9 Å². The molecule has 0 unspecified atom stereocenters. The summed E-state index contributed by atoms with van der Waals surface area (Å²) in [6.07, 6.45) is 1.48. The Morgan fingerprint density at radius 3 is 2.55 bits per heavy atom. The van der Waals surface area contributed by atoms with Gasteiger partial charge >= 0.3 is 6.36 Å². The van der Waals surface area contributed by atoms with Crippen molar-refractivity contribution < 1.29 is 17.9 Å². The van der Waals surface area contributed by atoms with Gasteiger partial charge in [-0.1, -0.05) is 36.5 Å². The number of fused-ring (bicyclic) bond motifs is 1. The van der Waals surface area contributed by atoms with Gasteiger partial charge in [0.15, 0.2) is 0 Å². The van der Waals surface area contributed by atoms with Crippen molar-refractivity contribution in [2.24, 2.45) is 4.99 Å². The maximum atomic E-state index is 12.3. The smallest absolute Gasteiger partial charge is 0.406 e. The molecule has 0 spiro atoms. The largest absolute Gasteiger partial charge is 0.573 e. The molecule has 168 valence electrons. The molecule has 2 aromatic carbocycles. The van der Waals surface area contributed by atoms with Crippen LogP contribution in [0, 0.1) is 6.92 Å². The molecule has 0 aliphatic rings. The topological polar surface area (TPSA) is 38.9 Å². The number of rotatable bonds is 7. The van der Waals surface area contributed by atoms with Gasteiger partial charge < -0.3 is 9.14 Å². The van der Waals surface area contributed by atoms with Crippen molar-refractivity contribution in [1.29, 1.82) is 0 Å². The van der Waals surface area contributed by atoms with E-state index in [0.29, 0.717) is 23.4 Å². The van der Waals surface area contributed by atoms with Crippen LogP contribution in [0.25, 0.3) is 16.9 Å². The van der Waals surface area contributed by atoms with E-state index in [4.69, 9.17) is 12.2 Å². The van der Waals surface area contributed by atoms with Gasteiger partial charge in [0.05, 0.1) is 12.2 Å². The van der Waals surface area contributed by atoms with Crippen LogP contribution in [0.2, 0.25) is 0 Å². The maximum Gasteiger partial charge on any atom is 0.573 e. The number of nitrogens with zero attached hydrogens (tertiary/aromatic N) is 3. The second kappa shape index (κ2) is 9.54. The summed E-state index contributed by atoms with van der Waals surface area (Å²) in [7, 11) is 0. The van der Waals surface area contributed by atoms with Gasteiger partial charge in [-0.2, -0.15) is 0 Å². The van der Waals surface area contributed by atoms with E-state index in [9.17, 15) is 13.2 Å². The Bertz CT molecular complexity index is 1310. The molecular weight excluding hydrogens is 447 g/mol. The average molecular weight is 468 g/mol.